The maximum absolute atomic E-state index is 13.8. The van der Waals surface area contributed by atoms with Gasteiger partial charge in [-0.1, -0.05) is 18.2 Å². The van der Waals surface area contributed by atoms with Crippen LogP contribution in [0.3, 0.4) is 0 Å². The Labute approximate surface area is 128 Å². The third-order valence-corrected chi connectivity index (χ3v) is 4.92. The van der Waals surface area contributed by atoms with E-state index in [4.69, 9.17) is 4.74 Å². The van der Waals surface area contributed by atoms with Crippen LogP contribution in [0, 0.1) is 5.82 Å². The number of hydrogen-bond acceptors (Lipinski definition) is 3. The van der Waals surface area contributed by atoms with Crippen molar-refractivity contribution in [3.63, 3.8) is 0 Å². The van der Waals surface area contributed by atoms with Crippen molar-refractivity contribution in [1.29, 1.82) is 0 Å². The summed E-state index contributed by atoms with van der Waals surface area (Å²) in [5.41, 5.74) is 1.60. The van der Waals surface area contributed by atoms with Gasteiger partial charge in [-0.15, -0.1) is 11.8 Å². The van der Waals surface area contributed by atoms with Gasteiger partial charge < -0.3 is 9.84 Å². The predicted octanol–water partition coefficient (Wildman–Crippen LogP) is 4.15. The molecule has 1 N–H and O–H groups in total. The second-order valence-corrected chi connectivity index (χ2v) is 6.28. The summed E-state index contributed by atoms with van der Waals surface area (Å²) < 4.78 is 19.5. The first kappa shape index (κ1) is 14.4. The van der Waals surface area contributed by atoms with Crippen molar-refractivity contribution in [2.75, 3.05) is 12.4 Å². The molecule has 1 aliphatic heterocycles. The molecule has 110 valence electrons. The summed E-state index contributed by atoms with van der Waals surface area (Å²) in [6, 6.07) is 13.0. The Morgan fingerprint density at radius 1 is 1.33 bits per heavy atom. The van der Waals surface area contributed by atoms with Crippen LogP contribution >= 0.6 is 11.8 Å². The zero-order valence-electron chi connectivity index (χ0n) is 11.8. The Bertz CT molecular complexity index is 642. The zero-order valence-corrected chi connectivity index (χ0v) is 12.6. The summed E-state index contributed by atoms with van der Waals surface area (Å²) in [5, 5.41) is 9.42. The summed E-state index contributed by atoms with van der Waals surface area (Å²) in [6.45, 7) is 2.09. The highest BCUT2D eigenvalue weighted by Gasteiger charge is 2.23. The number of aliphatic hydroxyl groups excluding tert-OH is 1. The third-order valence-electron chi connectivity index (χ3n) is 3.67. The molecule has 21 heavy (non-hydrogen) atoms. The van der Waals surface area contributed by atoms with E-state index in [0.717, 1.165) is 5.75 Å². The Morgan fingerprint density at radius 2 is 2.14 bits per heavy atom. The first-order chi connectivity index (χ1) is 10.1. The van der Waals surface area contributed by atoms with Crippen LogP contribution in [0.4, 0.5) is 4.39 Å². The van der Waals surface area contributed by atoms with Gasteiger partial charge in [0.2, 0.25) is 0 Å². The number of benzene rings is 2. The lowest BCUT2D eigenvalue weighted by Crippen LogP contribution is -2.10. The molecular formula is C17H17FO2S. The van der Waals surface area contributed by atoms with Gasteiger partial charge in [0.25, 0.3) is 0 Å². The van der Waals surface area contributed by atoms with Crippen molar-refractivity contribution in [2.45, 2.75) is 23.8 Å². The summed E-state index contributed by atoms with van der Waals surface area (Å²) in [7, 11) is 0. The summed E-state index contributed by atoms with van der Waals surface area (Å²) in [5.74, 6) is 1.41. The first-order valence-electron chi connectivity index (χ1n) is 6.97. The lowest BCUT2D eigenvalue weighted by molar-refractivity contribution is 0.194. The Kier molecular flexibility index (Phi) is 4.17. The molecule has 2 aromatic rings. The lowest BCUT2D eigenvalue weighted by Gasteiger charge is -2.14. The molecule has 2 aromatic carbocycles. The quantitative estimate of drug-likeness (QED) is 0.920. The van der Waals surface area contributed by atoms with E-state index in [2.05, 4.69) is 12.1 Å². The maximum atomic E-state index is 13.8. The molecule has 1 aliphatic rings. The topological polar surface area (TPSA) is 29.5 Å². The molecule has 0 aromatic heterocycles. The van der Waals surface area contributed by atoms with E-state index < -0.39 is 11.9 Å². The van der Waals surface area contributed by atoms with E-state index >= 15 is 0 Å². The van der Waals surface area contributed by atoms with E-state index in [-0.39, 0.29) is 0 Å². The minimum absolute atomic E-state index is 0.295. The van der Waals surface area contributed by atoms with Crippen LogP contribution in [0.1, 0.15) is 30.1 Å². The monoisotopic (exact) mass is 304 g/mol. The molecule has 0 amide bonds. The van der Waals surface area contributed by atoms with Gasteiger partial charge >= 0.3 is 0 Å². The predicted molar refractivity (Wildman–Crippen MR) is 82.4 cm³/mol. The second kappa shape index (κ2) is 6.08. The third kappa shape index (κ3) is 3.06. The van der Waals surface area contributed by atoms with E-state index in [9.17, 15) is 9.50 Å². The molecule has 0 bridgehead atoms. The van der Waals surface area contributed by atoms with Crippen LogP contribution in [-0.2, 0) is 0 Å². The van der Waals surface area contributed by atoms with E-state index in [0.29, 0.717) is 23.8 Å². The first-order valence-corrected chi connectivity index (χ1v) is 7.95. The number of rotatable bonds is 4. The van der Waals surface area contributed by atoms with Crippen LogP contribution < -0.4 is 4.74 Å². The highest BCUT2D eigenvalue weighted by molar-refractivity contribution is 7.99. The van der Waals surface area contributed by atoms with Crippen molar-refractivity contribution in [3.8, 4) is 5.75 Å². The van der Waals surface area contributed by atoms with Gasteiger partial charge in [0.05, 0.1) is 12.7 Å². The zero-order chi connectivity index (χ0) is 14.8. The van der Waals surface area contributed by atoms with Crippen molar-refractivity contribution < 1.29 is 14.2 Å². The Hall–Kier alpha value is -1.52. The fourth-order valence-electron chi connectivity index (χ4n) is 2.50. The molecule has 0 saturated heterocycles. The standard InChI is InChI=1S/C17H17FO2S/c1-11(19)14-7-6-13(8-16(14)18)20-9-12-10-21-17-5-3-2-4-15(12)17/h2-8,11-12,19H,9-10H2,1H3/t11-,12?/m1/s1. The smallest absolute Gasteiger partial charge is 0.132 e. The van der Waals surface area contributed by atoms with Crippen LogP contribution in [0.2, 0.25) is 0 Å². The van der Waals surface area contributed by atoms with E-state index in [1.54, 1.807) is 19.1 Å². The average Bonchev–Trinajstić information content (AvgIpc) is 2.88. The highest BCUT2D eigenvalue weighted by atomic mass is 32.2. The number of thioether (sulfide) groups is 1. The minimum atomic E-state index is -0.808. The molecule has 0 aliphatic carbocycles. The van der Waals surface area contributed by atoms with E-state index in [1.165, 1.54) is 16.5 Å². The van der Waals surface area contributed by atoms with E-state index in [1.807, 2.05) is 23.9 Å². The van der Waals surface area contributed by atoms with Crippen LogP contribution in [0.5, 0.6) is 5.75 Å². The molecule has 0 fully saturated rings. The molecule has 1 unspecified atom stereocenters. The largest absolute Gasteiger partial charge is 0.493 e. The van der Waals surface area contributed by atoms with Crippen LogP contribution in [-0.4, -0.2) is 17.5 Å². The van der Waals surface area contributed by atoms with Crippen molar-refractivity contribution in [1.82, 2.24) is 0 Å². The maximum Gasteiger partial charge on any atom is 0.132 e. The molecule has 3 rings (SSSR count). The normalized spacial score (nSPS) is 18.3. The average molecular weight is 304 g/mol. The van der Waals surface area contributed by atoms with Gasteiger partial charge in [-0.25, -0.2) is 4.39 Å². The van der Waals surface area contributed by atoms with Crippen molar-refractivity contribution in [2.24, 2.45) is 0 Å². The van der Waals surface area contributed by atoms with Crippen LogP contribution in [0.15, 0.2) is 47.4 Å². The fourth-order valence-corrected chi connectivity index (χ4v) is 3.73. The number of ether oxygens (including phenoxy) is 1. The van der Waals surface area contributed by atoms with Crippen molar-refractivity contribution >= 4 is 11.8 Å². The summed E-state index contributed by atoms with van der Waals surface area (Å²) >= 11 is 1.83. The van der Waals surface area contributed by atoms with Crippen LogP contribution in [0.25, 0.3) is 0 Å². The molecule has 0 saturated carbocycles. The molecule has 4 heteroatoms. The molecule has 0 radical (unpaired) electrons. The molecule has 2 atom stereocenters. The molecule has 1 heterocycles. The highest BCUT2D eigenvalue weighted by Crippen LogP contribution is 2.39. The lowest BCUT2D eigenvalue weighted by atomic mass is 10.0. The summed E-state index contributed by atoms with van der Waals surface area (Å²) in [6.07, 6.45) is -0.808. The molecule has 0 spiro atoms. The van der Waals surface area contributed by atoms with Gasteiger partial charge in [0, 0.05) is 28.2 Å². The van der Waals surface area contributed by atoms with Gasteiger partial charge in [0.1, 0.15) is 11.6 Å². The number of halogens is 1. The molecule has 2 nitrogen and oxygen atoms in total. The summed E-state index contributed by atoms with van der Waals surface area (Å²) in [4.78, 5) is 1.31. The van der Waals surface area contributed by atoms with Gasteiger partial charge in [-0.3, -0.25) is 0 Å². The Morgan fingerprint density at radius 3 is 2.90 bits per heavy atom. The van der Waals surface area contributed by atoms with Crippen molar-refractivity contribution in [3.05, 3.63) is 59.4 Å². The number of hydrogen-bond donors (Lipinski definition) is 1. The fraction of sp³-hybridized carbons (Fsp3) is 0.294. The number of aliphatic hydroxyl groups is 1. The minimum Gasteiger partial charge on any atom is -0.493 e. The SMILES string of the molecule is C[C@@H](O)c1ccc(OCC2CSc3ccccc32)cc1F. The van der Waals surface area contributed by atoms with Gasteiger partial charge in [0.15, 0.2) is 0 Å². The second-order valence-electron chi connectivity index (χ2n) is 5.22. The number of fused-ring (bicyclic) bond motifs is 1. The Balaban J connectivity index is 1.68. The van der Waals surface area contributed by atoms with Gasteiger partial charge in [-0.2, -0.15) is 0 Å². The van der Waals surface area contributed by atoms with Gasteiger partial charge in [-0.05, 0) is 30.7 Å². The molecular weight excluding hydrogens is 287 g/mol.